The zero-order chi connectivity index (χ0) is 10.4. The molecule has 3 heteroatoms. The van der Waals surface area contributed by atoms with Gasteiger partial charge in [-0.15, -0.1) is 0 Å². The molecule has 0 aromatic carbocycles. The summed E-state index contributed by atoms with van der Waals surface area (Å²) in [5.74, 6) is 1.07. The number of carboxylic acid groups (broad SMARTS) is 1. The third-order valence-electron chi connectivity index (χ3n) is 2.07. The minimum Gasteiger partial charge on any atom is -0.481 e. The summed E-state index contributed by atoms with van der Waals surface area (Å²) in [5.41, 5.74) is 1.75. The minimum absolute atomic E-state index is 0.196. The van der Waals surface area contributed by atoms with Gasteiger partial charge in [0.2, 0.25) is 0 Å². The van der Waals surface area contributed by atoms with Gasteiger partial charge in [-0.25, -0.2) is 4.79 Å². The number of carbonyl (C=O) groups is 1. The van der Waals surface area contributed by atoms with Crippen molar-refractivity contribution < 1.29 is 14.7 Å². The van der Waals surface area contributed by atoms with E-state index in [0.29, 0.717) is 18.4 Å². The summed E-state index contributed by atoms with van der Waals surface area (Å²) in [6, 6.07) is 0. The number of carbonyl (C=O) groups excluding carboxylic acids is 1. The number of allylic oxidation sites excluding steroid dienone is 5. The lowest BCUT2D eigenvalue weighted by Gasteiger charge is -2.05. The molecule has 0 amide bonds. The van der Waals surface area contributed by atoms with Gasteiger partial charge in [0.1, 0.15) is 5.94 Å². The Kier molecular flexibility index (Phi) is 3.89. The topological polar surface area (TPSA) is 54.4 Å². The van der Waals surface area contributed by atoms with Crippen molar-refractivity contribution in [2.75, 3.05) is 0 Å². The molecule has 0 saturated carbocycles. The molecule has 0 fully saturated rings. The molecular weight excluding hydrogens is 180 g/mol. The lowest BCUT2D eigenvalue weighted by Crippen LogP contribution is -1.95. The van der Waals surface area contributed by atoms with Gasteiger partial charge in [0.05, 0.1) is 0 Å². The van der Waals surface area contributed by atoms with Crippen molar-refractivity contribution in [2.24, 2.45) is 0 Å². The Morgan fingerprint density at radius 3 is 2.79 bits per heavy atom. The van der Waals surface area contributed by atoms with E-state index in [-0.39, 0.29) is 6.42 Å². The highest BCUT2D eigenvalue weighted by atomic mass is 16.4. The van der Waals surface area contributed by atoms with Crippen LogP contribution in [0, 0.1) is 0 Å². The Hall–Kier alpha value is -1.60. The van der Waals surface area contributed by atoms with Gasteiger partial charge < -0.3 is 5.11 Å². The maximum Gasteiger partial charge on any atom is 0.303 e. The van der Waals surface area contributed by atoms with Gasteiger partial charge in [-0.05, 0) is 18.9 Å². The van der Waals surface area contributed by atoms with Crippen LogP contribution >= 0.6 is 0 Å². The average Bonchev–Trinajstić information content (AvgIpc) is 2.18. The van der Waals surface area contributed by atoms with Gasteiger partial charge >= 0.3 is 5.97 Å². The quantitative estimate of drug-likeness (QED) is 0.692. The van der Waals surface area contributed by atoms with E-state index >= 15 is 0 Å². The van der Waals surface area contributed by atoms with Crippen molar-refractivity contribution in [3.8, 4) is 0 Å². The first-order valence-corrected chi connectivity index (χ1v) is 4.55. The fourth-order valence-electron chi connectivity index (χ4n) is 1.29. The molecule has 0 spiro atoms. The molecule has 0 aromatic rings. The van der Waals surface area contributed by atoms with Crippen LogP contribution in [0.5, 0.6) is 0 Å². The van der Waals surface area contributed by atoms with Gasteiger partial charge in [-0.2, -0.15) is 0 Å². The second-order valence-corrected chi connectivity index (χ2v) is 3.19. The predicted molar refractivity (Wildman–Crippen MR) is 52.5 cm³/mol. The molecule has 14 heavy (non-hydrogen) atoms. The summed E-state index contributed by atoms with van der Waals surface area (Å²) in [6.45, 7) is 0. The van der Waals surface area contributed by atoms with Crippen molar-refractivity contribution in [3.63, 3.8) is 0 Å². The first-order chi connectivity index (χ1) is 6.72. The monoisotopic (exact) mass is 192 g/mol. The summed E-state index contributed by atoms with van der Waals surface area (Å²) in [7, 11) is 0. The number of hydrogen-bond acceptors (Lipinski definition) is 2. The smallest absolute Gasteiger partial charge is 0.303 e. The molecule has 1 aliphatic rings. The van der Waals surface area contributed by atoms with Crippen LogP contribution in [0.2, 0.25) is 0 Å². The zero-order valence-corrected chi connectivity index (χ0v) is 7.82. The molecular formula is C11H12O3. The highest BCUT2D eigenvalue weighted by molar-refractivity contribution is 5.66. The van der Waals surface area contributed by atoms with Crippen LogP contribution in [0.3, 0.4) is 0 Å². The van der Waals surface area contributed by atoms with Gasteiger partial charge in [-0.1, -0.05) is 17.7 Å². The zero-order valence-electron chi connectivity index (χ0n) is 7.82. The molecule has 1 N–H and O–H groups in total. The summed E-state index contributed by atoms with van der Waals surface area (Å²) < 4.78 is 0. The van der Waals surface area contributed by atoms with E-state index in [2.05, 4.69) is 0 Å². The Labute approximate surface area is 82.4 Å². The summed E-state index contributed by atoms with van der Waals surface area (Å²) in [6.07, 6.45) is 7.75. The van der Waals surface area contributed by atoms with Crippen LogP contribution in [-0.4, -0.2) is 17.0 Å². The molecule has 1 aliphatic carbocycles. The Morgan fingerprint density at radius 2 is 2.29 bits per heavy atom. The molecule has 1 rings (SSSR count). The van der Waals surface area contributed by atoms with Crippen LogP contribution in [0.1, 0.15) is 25.7 Å². The molecule has 0 unspecified atom stereocenters. The summed E-state index contributed by atoms with van der Waals surface area (Å²) >= 11 is 0. The van der Waals surface area contributed by atoms with E-state index in [1.807, 2.05) is 18.1 Å². The van der Waals surface area contributed by atoms with Gasteiger partial charge in [0, 0.05) is 18.4 Å². The van der Waals surface area contributed by atoms with Crippen molar-refractivity contribution >= 4 is 11.9 Å². The number of hydrogen-bond donors (Lipinski definition) is 1. The van der Waals surface area contributed by atoms with Gasteiger partial charge in [-0.3, -0.25) is 4.79 Å². The van der Waals surface area contributed by atoms with E-state index in [1.54, 1.807) is 6.08 Å². The second kappa shape index (κ2) is 5.20. The van der Waals surface area contributed by atoms with E-state index in [0.717, 1.165) is 12.0 Å². The van der Waals surface area contributed by atoms with Crippen molar-refractivity contribution in [1.82, 2.24) is 0 Å². The van der Waals surface area contributed by atoms with E-state index in [1.165, 1.54) is 0 Å². The Morgan fingerprint density at radius 1 is 1.50 bits per heavy atom. The van der Waals surface area contributed by atoms with Crippen LogP contribution < -0.4 is 0 Å². The molecule has 0 aromatic heterocycles. The van der Waals surface area contributed by atoms with Gasteiger partial charge in [0.25, 0.3) is 0 Å². The third-order valence-corrected chi connectivity index (χ3v) is 2.07. The van der Waals surface area contributed by atoms with Gasteiger partial charge in [0.15, 0.2) is 0 Å². The molecule has 0 atom stereocenters. The van der Waals surface area contributed by atoms with E-state index in [4.69, 9.17) is 5.11 Å². The first kappa shape index (κ1) is 10.5. The number of aliphatic carboxylic acids is 1. The van der Waals surface area contributed by atoms with E-state index < -0.39 is 5.97 Å². The SMILES string of the molecule is O=C=C1C=CC(CCCC(=O)O)=CC1. The van der Waals surface area contributed by atoms with Crippen LogP contribution in [0.4, 0.5) is 0 Å². The summed E-state index contributed by atoms with van der Waals surface area (Å²) in [4.78, 5) is 20.5. The highest BCUT2D eigenvalue weighted by Crippen LogP contribution is 2.17. The molecule has 0 aliphatic heterocycles. The molecule has 0 saturated heterocycles. The van der Waals surface area contributed by atoms with Crippen LogP contribution in [0.15, 0.2) is 29.4 Å². The molecule has 0 heterocycles. The molecule has 3 nitrogen and oxygen atoms in total. The summed E-state index contributed by atoms with van der Waals surface area (Å²) in [5, 5.41) is 8.43. The largest absolute Gasteiger partial charge is 0.481 e. The fourth-order valence-corrected chi connectivity index (χ4v) is 1.29. The normalized spacial score (nSPS) is 14.9. The molecule has 0 bridgehead atoms. The maximum atomic E-state index is 10.2. The van der Waals surface area contributed by atoms with Crippen LogP contribution in [0.25, 0.3) is 0 Å². The lowest BCUT2D eigenvalue weighted by molar-refractivity contribution is -0.137. The van der Waals surface area contributed by atoms with Crippen molar-refractivity contribution in [3.05, 3.63) is 29.4 Å². The standard InChI is InChI=1S/C11H12O3/c12-8-10-6-4-9(5-7-10)2-1-3-11(13)14/h4-6H,1-3,7H2,(H,13,14). The van der Waals surface area contributed by atoms with E-state index in [9.17, 15) is 9.59 Å². The first-order valence-electron chi connectivity index (χ1n) is 4.55. The maximum absolute atomic E-state index is 10.2. The fraction of sp³-hybridized carbons (Fsp3) is 0.364. The number of carboxylic acids is 1. The predicted octanol–water partition coefficient (Wildman–Crippen LogP) is 1.89. The number of rotatable bonds is 4. The highest BCUT2D eigenvalue weighted by Gasteiger charge is 2.03. The molecule has 0 radical (unpaired) electrons. The minimum atomic E-state index is -0.765. The van der Waals surface area contributed by atoms with Crippen molar-refractivity contribution in [1.29, 1.82) is 0 Å². The van der Waals surface area contributed by atoms with Crippen molar-refractivity contribution in [2.45, 2.75) is 25.7 Å². The Balaban J connectivity index is 2.35. The lowest BCUT2D eigenvalue weighted by atomic mass is 9.99. The molecule has 74 valence electrons. The average molecular weight is 192 g/mol. The van der Waals surface area contributed by atoms with Crippen LogP contribution in [-0.2, 0) is 9.59 Å². The second-order valence-electron chi connectivity index (χ2n) is 3.19. The Bertz CT molecular complexity index is 330. The third kappa shape index (κ3) is 3.42.